The normalized spacial score (nSPS) is 21.7. The van der Waals surface area contributed by atoms with Gasteiger partial charge in [-0.15, -0.1) is 0 Å². The van der Waals surface area contributed by atoms with E-state index in [9.17, 15) is 4.39 Å². The zero-order chi connectivity index (χ0) is 18.0. The molecule has 0 fully saturated rings. The van der Waals surface area contributed by atoms with E-state index in [1.807, 2.05) is 66.9 Å². The van der Waals surface area contributed by atoms with Gasteiger partial charge in [0, 0.05) is 21.9 Å². The first-order chi connectivity index (χ1) is 12.6. The first kappa shape index (κ1) is 16.9. The Morgan fingerprint density at radius 3 is 2.46 bits per heavy atom. The zero-order valence-electron chi connectivity index (χ0n) is 13.9. The van der Waals surface area contributed by atoms with Crippen molar-refractivity contribution in [3.05, 3.63) is 100 Å². The number of rotatable bonds is 4. The van der Waals surface area contributed by atoms with Gasteiger partial charge in [0.05, 0.1) is 0 Å². The second-order valence-corrected chi connectivity index (χ2v) is 7.10. The highest BCUT2D eigenvalue weighted by Crippen LogP contribution is 2.32. The molecule has 1 heterocycles. The van der Waals surface area contributed by atoms with Gasteiger partial charge in [0.25, 0.3) is 0 Å². The Morgan fingerprint density at radius 2 is 1.73 bits per heavy atom. The molecule has 3 aromatic rings. The van der Waals surface area contributed by atoms with Gasteiger partial charge in [0.15, 0.2) is 5.66 Å². The van der Waals surface area contributed by atoms with Crippen LogP contribution in [0.3, 0.4) is 0 Å². The van der Waals surface area contributed by atoms with E-state index >= 15 is 0 Å². The first-order valence-electron chi connectivity index (χ1n) is 8.31. The van der Waals surface area contributed by atoms with Crippen LogP contribution in [0.2, 0.25) is 0 Å². The molecule has 26 heavy (non-hydrogen) atoms. The molecule has 2 N–H and O–H groups in total. The number of halogens is 2. The van der Waals surface area contributed by atoms with E-state index in [-0.39, 0.29) is 12.0 Å². The number of hydrogen-bond acceptors (Lipinski definition) is 3. The Labute approximate surface area is 160 Å². The van der Waals surface area contributed by atoms with Crippen molar-refractivity contribution < 1.29 is 4.39 Å². The molecule has 0 saturated heterocycles. The molecule has 0 amide bonds. The lowest BCUT2D eigenvalue weighted by atomic mass is 9.99. The predicted molar refractivity (Wildman–Crippen MR) is 107 cm³/mol. The molecule has 0 bridgehead atoms. The monoisotopic (exact) mass is 409 g/mol. The van der Waals surface area contributed by atoms with Crippen LogP contribution >= 0.6 is 15.9 Å². The molecule has 2 unspecified atom stereocenters. The molecule has 5 heteroatoms. The third kappa shape index (κ3) is 3.41. The third-order valence-corrected chi connectivity index (χ3v) is 4.89. The van der Waals surface area contributed by atoms with Gasteiger partial charge >= 0.3 is 0 Å². The molecule has 1 aliphatic rings. The summed E-state index contributed by atoms with van der Waals surface area (Å²) in [4.78, 5) is 4.65. The van der Waals surface area contributed by atoms with Crippen LogP contribution in [0.1, 0.15) is 17.3 Å². The number of nitrogens with one attached hydrogen (secondary N) is 2. The van der Waals surface area contributed by atoms with Crippen LogP contribution in [0, 0.1) is 5.82 Å². The highest BCUT2D eigenvalue weighted by atomic mass is 79.9. The standard InChI is InChI=1S/C21H17BrFN3/c22-17-9-11-19(12-10-17)25-21(16-7-4-8-18(23)13-16)14-24-20(26-21)15-5-2-1-3-6-15/h1-14,20,25-26H. The van der Waals surface area contributed by atoms with Crippen molar-refractivity contribution in [2.45, 2.75) is 11.8 Å². The van der Waals surface area contributed by atoms with Crippen molar-refractivity contribution in [1.29, 1.82) is 0 Å². The van der Waals surface area contributed by atoms with Gasteiger partial charge in [-0.1, -0.05) is 58.4 Å². The van der Waals surface area contributed by atoms with Gasteiger partial charge < -0.3 is 5.32 Å². The molecule has 130 valence electrons. The van der Waals surface area contributed by atoms with Gasteiger partial charge in [0.2, 0.25) is 0 Å². The highest BCUT2D eigenvalue weighted by Gasteiger charge is 2.37. The Hall–Kier alpha value is -2.50. The van der Waals surface area contributed by atoms with E-state index in [0.717, 1.165) is 21.3 Å². The summed E-state index contributed by atoms with van der Waals surface area (Å²) >= 11 is 3.45. The van der Waals surface area contributed by atoms with Crippen LogP contribution in [0.5, 0.6) is 0 Å². The average molecular weight is 410 g/mol. The summed E-state index contributed by atoms with van der Waals surface area (Å²) in [6.45, 7) is 0. The summed E-state index contributed by atoms with van der Waals surface area (Å²) < 4.78 is 14.9. The maximum Gasteiger partial charge on any atom is 0.153 e. The molecule has 4 rings (SSSR count). The predicted octanol–water partition coefficient (Wildman–Crippen LogP) is 5.23. The minimum Gasteiger partial charge on any atom is -0.359 e. The number of anilines is 1. The molecule has 3 nitrogen and oxygen atoms in total. The van der Waals surface area contributed by atoms with Crippen LogP contribution in [0.15, 0.2) is 88.3 Å². The molecular weight excluding hydrogens is 393 g/mol. The zero-order valence-corrected chi connectivity index (χ0v) is 15.4. The topological polar surface area (TPSA) is 36.4 Å². The maximum absolute atomic E-state index is 13.9. The Balaban J connectivity index is 1.71. The first-order valence-corrected chi connectivity index (χ1v) is 9.11. The lowest BCUT2D eigenvalue weighted by Crippen LogP contribution is -2.47. The summed E-state index contributed by atoms with van der Waals surface area (Å²) in [6, 6.07) is 24.4. The summed E-state index contributed by atoms with van der Waals surface area (Å²) in [7, 11) is 0. The van der Waals surface area contributed by atoms with Crippen molar-refractivity contribution >= 4 is 27.8 Å². The molecule has 0 aromatic heterocycles. The molecule has 0 aliphatic carbocycles. The van der Waals surface area contributed by atoms with Crippen LogP contribution in [0.25, 0.3) is 0 Å². The van der Waals surface area contributed by atoms with Crippen molar-refractivity contribution in [2.75, 3.05) is 5.32 Å². The molecule has 1 aliphatic heterocycles. The Kier molecular flexibility index (Phi) is 4.57. The smallest absolute Gasteiger partial charge is 0.153 e. The minimum atomic E-state index is -0.795. The fourth-order valence-corrected chi connectivity index (χ4v) is 3.34. The molecule has 2 atom stereocenters. The van der Waals surface area contributed by atoms with E-state index in [2.05, 4.69) is 31.6 Å². The molecule has 0 saturated carbocycles. The van der Waals surface area contributed by atoms with Crippen molar-refractivity contribution in [3.8, 4) is 0 Å². The second-order valence-electron chi connectivity index (χ2n) is 6.19. The summed E-state index contributed by atoms with van der Waals surface area (Å²) in [5, 5.41) is 6.99. The van der Waals surface area contributed by atoms with Gasteiger partial charge in [-0.05, 0) is 42.0 Å². The fraction of sp³-hybridized carbons (Fsp3) is 0.0952. The van der Waals surface area contributed by atoms with E-state index in [1.165, 1.54) is 12.1 Å². The lowest BCUT2D eigenvalue weighted by Gasteiger charge is -2.31. The number of nitrogens with zero attached hydrogens (tertiary/aromatic N) is 1. The molecule has 0 radical (unpaired) electrons. The second kappa shape index (κ2) is 7.02. The molecule has 0 spiro atoms. The van der Waals surface area contributed by atoms with Gasteiger partial charge in [-0.2, -0.15) is 0 Å². The fourth-order valence-electron chi connectivity index (χ4n) is 3.07. The molecule has 3 aromatic carbocycles. The maximum atomic E-state index is 13.9. The quantitative estimate of drug-likeness (QED) is 0.618. The van der Waals surface area contributed by atoms with Gasteiger partial charge in [0.1, 0.15) is 12.0 Å². The van der Waals surface area contributed by atoms with Gasteiger partial charge in [-0.3, -0.25) is 10.3 Å². The lowest BCUT2D eigenvalue weighted by molar-refractivity contribution is 0.470. The minimum absolute atomic E-state index is 0.206. The SMILES string of the molecule is Fc1cccc(C2(Nc3ccc(Br)cc3)C=NC(c3ccccc3)N2)c1. The Bertz CT molecular complexity index is 928. The third-order valence-electron chi connectivity index (χ3n) is 4.36. The number of aliphatic imine (C=N–C) groups is 1. The van der Waals surface area contributed by atoms with Crippen LogP contribution in [0.4, 0.5) is 10.1 Å². The number of benzene rings is 3. The summed E-state index contributed by atoms with van der Waals surface area (Å²) in [6.07, 6.45) is 1.61. The number of hydrogen-bond donors (Lipinski definition) is 2. The van der Waals surface area contributed by atoms with Crippen LogP contribution in [-0.4, -0.2) is 6.21 Å². The van der Waals surface area contributed by atoms with Crippen molar-refractivity contribution in [1.82, 2.24) is 5.32 Å². The van der Waals surface area contributed by atoms with E-state index in [4.69, 9.17) is 0 Å². The van der Waals surface area contributed by atoms with Crippen LogP contribution < -0.4 is 10.6 Å². The largest absolute Gasteiger partial charge is 0.359 e. The van der Waals surface area contributed by atoms with Crippen LogP contribution in [-0.2, 0) is 5.66 Å². The van der Waals surface area contributed by atoms with E-state index in [1.54, 1.807) is 6.07 Å². The van der Waals surface area contributed by atoms with Crippen molar-refractivity contribution in [3.63, 3.8) is 0 Å². The van der Waals surface area contributed by atoms with E-state index < -0.39 is 5.66 Å². The average Bonchev–Trinajstić information content (AvgIpc) is 3.10. The molecular formula is C21H17BrFN3. The van der Waals surface area contributed by atoms with E-state index in [0.29, 0.717) is 0 Å². The van der Waals surface area contributed by atoms with Crippen molar-refractivity contribution in [2.24, 2.45) is 4.99 Å². The Morgan fingerprint density at radius 1 is 0.962 bits per heavy atom. The summed E-state index contributed by atoms with van der Waals surface area (Å²) in [5.41, 5.74) is 1.93. The summed E-state index contributed by atoms with van der Waals surface area (Å²) in [5.74, 6) is -0.280. The highest BCUT2D eigenvalue weighted by molar-refractivity contribution is 9.10. The van der Waals surface area contributed by atoms with Gasteiger partial charge in [-0.25, -0.2) is 4.39 Å².